The van der Waals surface area contributed by atoms with Crippen LogP contribution >= 0.6 is 11.9 Å². The number of nitrogens with one attached hydrogen (secondary N) is 2. The zero-order valence-corrected chi connectivity index (χ0v) is 19.0. The molecular formula is C26H19F4N4S+. The zero-order valence-electron chi connectivity index (χ0n) is 18.2. The number of aromatic nitrogens is 3. The SMILES string of the molecule is Fc1ccc2c(ccn2Cc2ccc(-c3ncc[nH+]c3NSc3ccccc3C(F)(F)F)cc2)c1. The first-order chi connectivity index (χ1) is 16.9. The molecule has 0 radical (unpaired) electrons. The second kappa shape index (κ2) is 9.42. The lowest BCUT2D eigenvalue weighted by Gasteiger charge is -2.11. The Morgan fingerprint density at radius 1 is 0.971 bits per heavy atom. The number of rotatable bonds is 6. The van der Waals surface area contributed by atoms with E-state index in [4.69, 9.17) is 0 Å². The smallest absolute Gasteiger partial charge is 0.343 e. The van der Waals surface area contributed by atoms with Gasteiger partial charge in [-0.05, 0) is 42.0 Å². The fourth-order valence-electron chi connectivity index (χ4n) is 3.83. The number of hydrogen-bond acceptors (Lipinski definition) is 3. The molecule has 5 aromatic rings. The Bertz CT molecular complexity index is 1480. The van der Waals surface area contributed by atoms with Crippen LogP contribution in [0.15, 0.2) is 96.3 Å². The highest BCUT2D eigenvalue weighted by Gasteiger charge is 2.34. The van der Waals surface area contributed by atoms with E-state index >= 15 is 0 Å². The van der Waals surface area contributed by atoms with Crippen molar-refractivity contribution in [1.82, 2.24) is 9.55 Å². The predicted octanol–water partition coefficient (Wildman–Crippen LogP) is 6.84. The van der Waals surface area contributed by atoms with Crippen molar-refractivity contribution in [1.29, 1.82) is 0 Å². The summed E-state index contributed by atoms with van der Waals surface area (Å²) in [5, 5.41) is 0.839. The van der Waals surface area contributed by atoms with E-state index in [2.05, 4.69) is 14.7 Å². The maximum absolute atomic E-state index is 13.5. The van der Waals surface area contributed by atoms with E-state index in [-0.39, 0.29) is 10.7 Å². The quantitative estimate of drug-likeness (QED) is 0.207. The first-order valence-electron chi connectivity index (χ1n) is 10.7. The van der Waals surface area contributed by atoms with Crippen LogP contribution in [0, 0.1) is 5.82 Å². The first kappa shape index (κ1) is 22.9. The van der Waals surface area contributed by atoms with Gasteiger partial charge in [-0.25, -0.2) is 19.1 Å². The van der Waals surface area contributed by atoms with E-state index in [0.29, 0.717) is 18.1 Å². The van der Waals surface area contributed by atoms with Crippen LogP contribution in [-0.2, 0) is 12.7 Å². The van der Waals surface area contributed by atoms with Crippen LogP contribution in [0.2, 0.25) is 0 Å². The molecule has 0 saturated heterocycles. The molecule has 2 N–H and O–H groups in total. The minimum Gasteiger partial charge on any atom is -0.343 e. The summed E-state index contributed by atoms with van der Waals surface area (Å²) in [6.45, 7) is 0.610. The van der Waals surface area contributed by atoms with Gasteiger partial charge < -0.3 is 4.57 Å². The molecule has 0 aliphatic rings. The van der Waals surface area contributed by atoms with E-state index in [1.165, 1.54) is 24.3 Å². The van der Waals surface area contributed by atoms with Gasteiger partial charge in [-0.15, -0.1) is 0 Å². The molecule has 0 aliphatic heterocycles. The Kier molecular flexibility index (Phi) is 6.17. The van der Waals surface area contributed by atoms with Gasteiger partial charge >= 0.3 is 12.0 Å². The normalized spacial score (nSPS) is 11.7. The van der Waals surface area contributed by atoms with Crippen molar-refractivity contribution in [3.63, 3.8) is 0 Å². The summed E-state index contributed by atoms with van der Waals surface area (Å²) in [5.41, 5.74) is 2.67. The van der Waals surface area contributed by atoms with Crippen LogP contribution in [0.3, 0.4) is 0 Å². The standard InChI is InChI=1S/C26H18F4N4S/c27-20-9-10-22-19(15-20)11-14-34(22)16-17-5-7-18(8-6-17)24-25(32-13-12-31-24)33-35-23-4-2-1-3-21(23)26(28,29)30/h1-15H,16H2,(H,32,33)/p+1. The lowest BCUT2D eigenvalue weighted by atomic mass is 10.1. The Morgan fingerprint density at radius 2 is 1.77 bits per heavy atom. The van der Waals surface area contributed by atoms with Crippen molar-refractivity contribution < 1.29 is 22.5 Å². The molecule has 0 atom stereocenters. The zero-order chi connectivity index (χ0) is 24.4. The monoisotopic (exact) mass is 495 g/mol. The van der Waals surface area contributed by atoms with E-state index in [1.807, 2.05) is 41.1 Å². The molecule has 2 heterocycles. The Labute approximate surface area is 202 Å². The van der Waals surface area contributed by atoms with E-state index in [9.17, 15) is 17.6 Å². The van der Waals surface area contributed by atoms with Crippen LogP contribution in [0.1, 0.15) is 11.1 Å². The molecule has 0 unspecified atom stereocenters. The Hall–Kier alpha value is -3.85. The highest BCUT2D eigenvalue weighted by atomic mass is 32.2. The number of benzene rings is 3. The number of aromatic amines is 1. The van der Waals surface area contributed by atoms with Crippen LogP contribution in [0.25, 0.3) is 22.2 Å². The fraction of sp³-hybridized carbons (Fsp3) is 0.0769. The lowest BCUT2D eigenvalue weighted by molar-refractivity contribution is -0.360. The number of H-pyrrole nitrogens is 1. The van der Waals surface area contributed by atoms with Gasteiger partial charge in [-0.3, -0.25) is 0 Å². The molecule has 3 aromatic carbocycles. The molecule has 0 bridgehead atoms. The van der Waals surface area contributed by atoms with Gasteiger partial charge in [0.1, 0.15) is 12.0 Å². The summed E-state index contributed by atoms with van der Waals surface area (Å²) in [5.74, 6) is 0.219. The molecule has 4 nitrogen and oxygen atoms in total. The third kappa shape index (κ3) is 5.00. The van der Waals surface area contributed by atoms with Gasteiger partial charge in [-0.1, -0.05) is 36.4 Å². The summed E-state index contributed by atoms with van der Waals surface area (Å²) in [4.78, 5) is 7.51. The third-order valence-electron chi connectivity index (χ3n) is 5.51. The fourth-order valence-corrected chi connectivity index (χ4v) is 4.64. The summed E-state index contributed by atoms with van der Waals surface area (Å²) < 4.78 is 58.4. The molecule has 5 rings (SSSR count). The van der Waals surface area contributed by atoms with Crippen molar-refractivity contribution in [3.8, 4) is 11.3 Å². The number of hydrogen-bond donors (Lipinski definition) is 1. The largest absolute Gasteiger partial charge is 0.417 e. The highest BCUT2D eigenvalue weighted by Crippen LogP contribution is 2.37. The molecule has 0 fully saturated rings. The maximum Gasteiger partial charge on any atom is 0.417 e. The Morgan fingerprint density at radius 3 is 2.57 bits per heavy atom. The van der Waals surface area contributed by atoms with Crippen molar-refractivity contribution in [2.45, 2.75) is 17.6 Å². The second-order valence-corrected chi connectivity index (χ2v) is 8.70. The van der Waals surface area contributed by atoms with Crippen LogP contribution < -0.4 is 9.71 Å². The summed E-state index contributed by atoms with van der Waals surface area (Å²) in [6, 6.07) is 19.8. The molecular weight excluding hydrogens is 476 g/mol. The van der Waals surface area contributed by atoms with Gasteiger partial charge in [-0.2, -0.15) is 13.2 Å². The molecule has 0 spiro atoms. The third-order valence-corrected chi connectivity index (χ3v) is 6.39. The average molecular weight is 496 g/mol. The summed E-state index contributed by atoms with van der Waals surface area (Å²) >= 11 is 0.873. The van der Waals surface area contributed by atoms with Crippen molar-refractivity contribution >= 4 is 28.7 Å². The van der Waals surface area contributed by atoms with Gasteiger partial charge in [0.05, 0.1) is 28.6 Å². The molecule has 0 aliphatic carbocycles. The van der Waals surface area contributed by atoms with E-state index < -0.39 is 11.7 Å². The van der Waals surface area contributed by atoms with Gasteiger partial charge in [0.15, 0.2) is 5.69 Å². The molecule has 176 valence electrons. The van der Waals surface area contributed by atoms with Gasteiger partial charge in [0.2, 0.25) is 0 Å². The van der Waals surface area contributed by atoms with E-state index in [0.717, 1.165) is 40.0 Å². The van der Waals surface area contributed by atoms with E-state index in [1.54, 1.807) is 24.5 Å². The van der Waals surface area contributed by atoms with Gasteiger partial charge in [0, 0.05) is 29.2 Å². The average Bonchev–Trinajstić information content (AvgIpc) is 3.24. The predicted molar refractivity (Wildman–Crippen MR) is 128 cm³/mol. The Balaban J connectivity index is 1.35. The number of halogens is 4. The van der Waals surface area contributed by atoms with Crippen LogP contribution in [-0.4, -0.2) is 9.55 Å². The first-order valence-corrected chi connectivity index (χ1v) is 11.5. The molecule has 9 heteroatoms. The molecule has 0 amide bonds. The molecule has 0 saturated carbocycles. The lowest BCUT2D eigenvalue weighted by Crippen LogP contribution is -2.12. The van der Waals surface area contributed by atoms with Crippen LogP contribution in [0.4, 0.5) is 23.4 Å². The van der Waals surface area contributed by atoms with Crippen LogP contribution in [0.5, 0.6) is 0 Å². The minimum absolute atomic E-state index is 0.0670. The number of anilines is 1. The highest BCUT2D eigenvalue weighted by molar-refractivity contribution is 8.00. The molecule has 35 heavy (non-hydrogen) atoms. The topological polar surface area (TPSA) is 44.0 Å². The number of alkyl halides is 3. The van der Waals surface area contributed by atoms with Gasteiger partial charge in [0.25, 0.3) is 0 Å². The van der Waals surface area contributed by atoms with Crippen molar-refractivity contribution in [3.05, 3.63) is 108 Å². The number of nitrogens with zero attached hydrogens (tertiary/aromatic N) is 2. The van der Waals surface area contributed by atoms with Crippen molar-refractivity contribution in [2.24, 2.45) is 0 Å². The molecule has 2 aromatic heterocycles. The summed E-state index contributed by atoms with van der Waals surface area (Å²) in [6.07, 6.45) is 0.676. The second-order valence-electron chi connectivity index (χ2n) is 7.85. The maximum atomic E-state index is 13.5. The van der Waals surface area contributed by atoms with Crippen molar-refractivity contribution in [2.75, 3.05) is 4.72 Å². The number of fused-ring (bicyclic) bond motifs is 1. The minimum atomic E-state index is -4.44. The summed E-state index contributed by atoms with van der Waals surface area (Å²) in [7, 11) is 0.